The second-order valence-corrected chi connectivity index (χ2v) is 14.8. The molecule has 0 aromatic heterocycles. The summed E-state index contributed by atoms with van der Waals surface area (Å²) in [5, 5.41) is 50.2. The minimum Gasteiger partial charge on any atom is -0.493 e. The lowest BCUT2D eigenvalue weighted by atomic mass is 9.90. The molecule has 330 valence electrons. The highest BCUT2D eigenvalue weighted by Crippen LogP contribution is 2.43. The molecule has 8 bridgehead atoms. The molecule has 0 unspecified atom stereocenters. The highest BCUT2D eigenvalue weighted by molar-refractivity contribution is 5.69. The van der Waals surface area contributed by atoms with Crippen LogP contribution in [0.1, 0.15) is 111 Å². The zero-order valence-electron chi connectivity index (χ0n) is 35.2. The van der Waals surface area contributed by atoms with E-state index in [2.05, 4.69) is 0 Å². The minimum absolute atomic E-state index is 0.0595. The Morgan fingerprint density at radius 1 is 0.452 bits per heavy atom. The molecular formula is C44H50N4O14. The van der Waals surface area contributed by atoms with Crippen molar-refractivity contribution in [3.8, 4) is 23.0 Å². The second-order valence-electron chi connectivity index (χ2n) is 14.8. The number of fused-ring (bicyclic) bond motifs is 8. The monoisotopic (exact) mass is 858 g/mol. The molecule has 0 fully saturated rings. The fraction of sp³-hybridized carbons (Fsp3) is 0.432. The van der Waals surface area contributed by atoms with E-state index in [-0.39, 0.29) is 128 Å². The number of carbonyl (C=O) groups is 1. The normalized spacial score (nSPS) is 11.9. The molecular weight excluding hydrogens is 808 g/mol. The van der Waals surface area contributed by atoms with Crippen molar-refractivity contribution >= 4 is 28.7 Å². The molecule has 0 saturated heterocycles. The zero-order chi connectivity index (χ0) is 44.9. The quantitative estimate of drug-likeness (QED) is 0.0307. The molecule has 0 atom stereocenters. The summed E-state index contributed by atoms with van der Waals surface area (Å²) in [4.78, 5) is 60.0. The first-order valence-corrected chi connectivity index (χ1v) is 20.7. The molecule has 0 amide bonds. The average molecular weight is 859 g/mol. The molecule has 0 heterocycles. The number of unbranched alkanes of at least 4 members (excludes halogenated alkanes) is 1. The van der Waals surface area contributed by atoms with Gasteiger partial charge >= 0.3 is 5.97 Å². The Balaban J connectivity index is 1.89. The van der Waals surface area contributed by atoms with Crippen LogP contribution in [0.4, 0.5) is 22.7 Å². The van der Waals surface area contributed by atoms with E-state index >= 15 is 0 Å². The lowest BCUT2D eigenvalue weighted by Gasteiger charge is -2.22. The molecule has 0 radical (unpaired) electrons. The highest BCUT2D eigenvalue weighted by Gasteiger charge is 2.29. The molecule has 5 rings (SSSR count). The maximum Gasteiger partial charge on any atom is 0.305 e. The molecule has 0 spiro atoms. The number of nitro benzene ring substituents is 4. The standard InChI is InChI=1S/C44H50N4O14/c1-5-12-59-41-28-16-30-22-37(46(52)53)24-32(42(30)60-13-6-2)18-34-26-39(48(56)57)27-35(44(34)62-15-10-9-11-40(49)58-8-4)19-33-25-38(47(54)55)23-31(43(33)61-14-7-3)17-29(41)21-36(20-28)45(50)51/h20-27H,5-19H2,1-4H3. The van der Waals surface area contributed by atoms with Crippen molar-refractivity contribution in [2.45, 2.75) is 91.9 Å². The van der Waals surface area contributed by atoms with Crippen LogP contribution in [0.25, 0.3) is 0 Å². The number of non-ortho nitro benzene ring substituents is 4. The van der Waals surface area contributed by atoms with Crippen LogP contribution < -0.4 is 18.9 Å². The molecule has 18 heteroatoms. The van der Waals surface area contributed by atoms with E-state index in [4.69, 9.17) is 23.7 Å². The van der Waals surface area contributed by atoms with Crippen LogP contribution in [-0.4, -0.2) is 58.7 Å². The van der Waals surface area contributed by atoms with Crippen LogP contribution >= 0.6 is 0 Å². The summed E-state index contributed by atoms with van der Waals surface area (Å²) >= 11 is 0. The van der Waals surface area contributed by atoms with Gasteiger partial charge in [0.2, 0.25) is 0 Å². The summed E-state index contributed by atoms with van der Waals surface area (Å²) in [5.41, 5.74) is 1.11. The van der Waals surface area contributed by atoms with E-state index in [1.54, 1.807) is 6.92 Å². The van der Waals surface area contributed by atoms with Crippen LogP contribution in [0.2, 0.25) is 0 Å². The molecule has 62 heavy (non-hydrogen) atoms. The van der Waals surface area contributed by atoms with Gasteiger partial charge in [0.25, 0.3) is 22.7 Å². The first-order chi connectivity index (χ1) is 29.8. The molecule has 1 aliphatic rings. The van der Waals surface area contributed by atoms with Crippen molar-refractivity contribution < 1.29 is 48.2 Å². The minimum atomic E-state index is -0.577. The molecule has 0 N–H and O–H groups in total. The summed E-state index contributed by atoms with van der Waals surface area (Å²) < 4.78 is 30.5. The van der Waals surface area contributed by atoms with E-state index in [0.29, 0.717) is 65.5 Å². The summed E-state index contributed by atoms with van der Waals surface area (Å²) in [7, 11) is 0. The van der Waals surface area contributed by atoms with E-state index in [1.807, 2.05) is 20.8 Å². The second kappa shape index (κ2) is 21.6. The Kier molecular flexibility index (Phi) is 16.1. The van der Waals surface area contributed by atoms with Gasteiger partial charge in [-0.25, -0.2) is 0 Å². The van der Waals surface area contributed by atoms with Gasteiger partial charge in [-0.3, -0.25) is 45.3 Å². The Labute approximate surface area is 357 Å². The predicted octanol–water partition coefficient (Wildman–Crippen LogP) is 9.47. The van der Waals surface area contributed by atoms with Crippen LogP contribution in [0.3, 0.4) is 0 Å². The third-order valence-corrected chi connectivity index (χ3v) is 9.96. The third kappa shape index (κ3) is 11.5. The number of rotatable bonds is 20. The SMILES string of the molecule is CCCOc1c2cc([N+](=O)[O-])cc1Cc1cc([N+](=O)[O-])cc(c1OCCC)Cc1cc([N+](=O)[O-])cc(c1OCCCCC(=O)OCC)Cc1cc([N+](=O)[O-])cc(c1OCCC)C2. The first kappa shape index (κ1) is 46.2. The summed E-state index contributed by atoms with van der Waals surface area (Å²) in [6.07, 6.45) is 1.99. The zero-order valence-corrected chi connectivity index (χ0v) is 35.2. The smallest absolute Gasteiger partial charge is 0.305 e. The van der Waals surface area contributed by atoms with Crippen molar-refractivity contribution in [2.75, 3.05) is 33.0 Å². The van der Waals surface area contributed by atoms with Gasteiger partial charge in [-0.05, 0) is 39.0 Å². The van der Waals surface area contributed by atoms with Gasteiger partial charge in [0, 0.05) is 125 Å². The maximum absolute atomic E-state index is 12.6. The van der Waals surface area contributed by atoms with Gasteiger partial charge in [-0.1, -0.05) is 20.8 Å². The van der Waals surface area contributed by atoms with E-state index in [9.17, 15) is 45.3 Å². The molecule has 18 nitrogen and oxygen atoms in total. The topological polar surface area (TPSA) is 236 Å². The summed E-state index contributed by atoms with van der Waals surface area (Å²) in [5.74, 6) is 0.614. The van der Waals surface area contributed by atoms with Crippen molar-refractivity contribution in [1.82, 2.24) is 0 Å². The molecule has 0 saturated carbocycles. The number of hydrogen-bond donors (Lipinski definition) is 0. The third-order valence-electron chi connectivity index (χ3n) is 9.96. The van der Waals surface area contributed by atoms with Crippen molar-refractivity contribution in [1.29, 1.82) is 0 Å². The number of nitro groups is 4. The average Bonchev–Trinajstić information content (AvgIpc) is 3.22. The highest BCUT2D eigenvalue weighted by atomic mass is 16.6. The fourth-order valence-corrected chi connectivity index (χ4v) is 7.37. The number of benzene rings is 4. The Morgan fingerprint density at radius 3 is 0.935 bits per heavy atom. The lowest BCUT2D eigenvalue weighted by molar-refractivity contribution is -0.385. The van der Waals surface area contributed by atoms with Crippen molar-refractivity contribution in [3.05, 3.63) is 133 Å². The summed E-state index contributed by atoms with van der Waals surface area (Å²) in [6.45, 7) is 8.23. The van der Waals surface area contributed by atoms with Crippen molar-refractivity contribution in [2.24, 2.45) is 0 Å². The lowest BCUT2D eigenvalue weighted by Crippen LogP contribution is -2.12. The predicted molar refractivity (Wildman–Crippen MR) is 227 cm³/mol. The number of esters is 1. The first-order valence-electron chi connectivity index (χ1n) is 20.7. The van der Waals surface area contributed by atoms with E-state index < -0.39 is 19.7 Å². The Morgan fingerprint density at radius 2 is 0.710 bits per heavy atom. The van der Waals surface area contributed by atoms with E-state index in [1.165, 1.54) is 48.5 Å². The maximum atomic E-state index is 12.6. The van der Waals surface area contributed by atoms with Crippen LogP contribution in [-0.2, 0) is 35.2 Å². The van der Waals surface area contributed by atoms with Crippen LogP contribution in [0, 0.1) is 40.5 Å². The van der Waals surface area contributed by atoms with Gasteiger partial charge in [-0.2, -0.15) is 0 Å². The Hall–Kier alpha value is -6.85. The summed E-state index contributed by atoms with van der Waals surface area (Å²) in [6, 6.07) is 10.7. The largest absolute Gasteiger partial charge is 0.493 e. The fourth-order valence-electron chi connectivity index (χ4n) is 7.37. The molecule has 0 aliphatic heterocycles. The van der Waals surface area contributed by atoms with Gasteiger partial charge in [0.05, 0.1) is 52.7 Å². The van der Waals surface area contributed by atoms with Crippen molar-refractivity contribution in [3.63, 3.8) is 0 Å². The molecule has 4 aromatic carbocycles. The number of carbonyl (C=O) groups excluding carboxylic acids is 1. The molecule has 1 aliphatic carbocycles. The number of hydrogen-bond acceptors (Lipinski definition) is 14. The van der Waals surface area contributed by atoms with Crippen LogP contribution in [0.5, 0.6) is 23.0 Å². The molecule has 4 aromatic rings. The van der Waals surface area contributed by atoms with Crippen LogP contribution in [0.15, 0.2) is 48.5 Å². The van der Waals surface area contributed by atoms with Gasteiger partial charge < -0.3 is 23.7 Å². The Bertz CT molecular complexity index is 2210. The van der Waals surface area contributed by atoms with Gasteiger partial charge in [-0.15, -0.1) is 0 Å². The van der Waals surface area contributed by atoms with Gasteiger partial charge in [0.15, 0.2) is 0 Å². The van der Waals surface area contributed by atoms with E-state index in [0.717, 1.165) is 0 Å². The number of ether oxygens (including phenoxy) is 5. The number of nitrogens with zero attached hydrogens (tertiary/aromatic N) is 4. The van der Waals surface area contributed by atoms with Gasteiger partial charge in [0.1, 0.15) is 23.0 Å².